The monoisotopic (exact) mass is 438 g/mol. The van der Waals surface area contributed by atoms with Crippen molar-refractivity contribution in [3.05, 3.63) is 67.3 Å². The van der Waals surface area contributed by atoms with Crippen LogP contribution in [0.3, 0.4) is 0 Å². The van der Waals surface area contributed by atoms with E-state index < -0.39 is 16.9 Å². The van der Waals surface area contributed by atoms with Gasteiger partial charge in [-0.05, 0) is 52.9 Å². The highest BCUT2D eigenvalue weighted by molar-refractivity contribution is 14.1. The van der Waals surface area contributed by atoms with Gasteiger partial charge in [0, 0.05) is 32.5 Å². The van der Waals surface area contributed by atoms with Crippen LogP contribution >= 0.6 is 22.6 Å². The van der Waals surface area contributed by atoms with Crippen molar-refractivity contribution >= 4 is 45.8 Å². The maximum absolute atomic E-state index is 12.1. The maximum atomic E-state index is 12.1. The maximum Gasteiger partial charge on any atom is 0.269 e. The van der Waals surface area contributed by atoms with Crippen molar-refractivity contribution in [1.82, 2.24) is 10.9 Å². The summed E-state index contributed by atoms with van der Waals surface area (Å²) >= 11 is 2.14. The van der Waals surface area contributed by atoms with Crippen LogP contribution in [0.4, 0.5) is 11.4 Å². The van der Waals surface area contributed by atoms with Crippen LogP contribution in [0.2, 0.25) is 0 Å². The second kappa shape index (κ2) is 6.53. The zero-order chi connectivity index (χ0) is 17.3. The first-order valence-corrected chi connectivity index (χ1v) is 7.94. The van der Waals surface area contributed by atoms with Crippen LogP contribution in [0.25, 0.3) is 0 Å². The van der Waals surface area contributed by atoms with Gasteiger partial charge in [-0.15, -0.1) is 0 Å². The van der Waals surface area contributed by atoms with E-state index in [1.165, 1.54) is 24.3 Å². The first kappa shape index (κ1) is 16.3. The Morgan fingerprint density at radius 2 is 1.92 bits per heavy atom. The number of fused-ring (bicyclic) bond motifs is 1. The lowest BCUT2D eigenvalue weighted by Crippen LogP contribution is -2.42. The molecule has 2 aromatic carbocycles. The molecular formula is C15H11IN4O4. The standard InChI is InChI=1S/C15H11IN4O4/c16-9-3-6-12-11(7-9)13(15(22)17-12)18-19-14(21)8-1-4-10(5-2-8)20(23)24/h1-7,13,18H,(H,17,22)(H,19,21). The number of anilines is 1. The van der Waals surface area contributed by atoms with E-state index in [-0.39, 0.29) is 17.2 Å². The summed E-state index contributed by atoms with van der Waals surface area (Å²) in [6, 6.07) is 10.0. The van der Waals surface area contributed by atoms with Gasteiger partial charge in [0.1, 0.15) is 6.04 Å². The second-order valence-corrected chi connectivity index (χ2v) is 6.30. The Morgan fingerprint density at radius 3 is 2.58 bits per heavy atom. The first-order chi connectivity index (χ1) is 11.5. The average Bonchev–Trinajstić information content (AvgIpc) is 2.87. The van der Waals surface area contributed by atoms with Crippen molar-refractivity contribution in [2.24, 2.45) is 0 Å². The molecule has 24 heavy (non-hydrogen) atoms. The summed E-state index contributed by atoms with van der Waals surface area (Å²) in [5, 5.41) is 13.3. The van der Waals surface area contributed by atoms with Gasteiger partial charge in [0.05, 0.1) is 4.92 Å². The number of nitrogens with zero attached hydrogens (tertiary/aromatic N) is 1. The van der Waals surface area contributed by atoms with E-state index in [4.69, 9.17) is 0 Å². The van der Waals surface area contributed by atoms with E-state index in [2.05, 4.69) is 38.8 Å². The Kier molecular flexibility index (Phi) is 4.44. The number of amides is 2. The number of hydrogen-bond donors (Lipinski definition) is 3. The number of rotatable bonds is 4. The SMILES string of the molecule is O=C(NNC1C(=O)Nc2ccc(I)cc21)c1ccc([N+](=O)[O-])cc1. The molecule has 9 heteroatoms. The van der Waals surface area contributed by atoms with Crippen molar-refractivity contribution < 1.29 is 14.5 Å². The quantitative estimate of drug-likeness (QED) is 0.385. The minimum Gasteiger partial charge on any atom is -0.324 e. The molecule has 1 aliphatic heterocycles. The fraction of sp³-hybridized carbons (Fsp3) is 0.0667. The zero-order valence-electron chi connectivity index (χ0n) is 12.1. The summed E-state index contributed by atoms with van der Waals surface area (Å²) in [5.41, 5.74) is 6.75. The Morgan fingerprint density at radius 1 is 1.21 bits per heavy atom. The predicted molar refractivity (Wildman–Crippen MR) is 94.2 cm³/mol. The number of non-ortho nitro benzene ring substituents is 1. The van der Waals surface area contributed by atoms with Gasteiger partial charge in [0.2, 0.25) is 5.91 Å². The zero-order valence-corrected chi connectivity index (χ0v) is 14.2. The summed E-state index contributed by atoms with van der Waals surface area (Å²) in [6.07, 6.45) is 0. The van der Waals surface area contributed by atoms with Crippen LogP contribution in [0.1, 0.15) is 22.0 Å². The molecule has 2 aromatic rings. The molecule has 1 atom stereocenters. The lowest BCUT2D eigenvalue weighted by molar-refractivity contribution is -0.384. The third-order valence-corrected chi connectivity index (χ3v) is 4.19. The van der Waals surface area contributed by atoms with Gasteiger partial charge in [0.15, 0.2) is 0 Å². The smallest absolute Gasteiger partial charge is 0.269 e. The molecule has 0 fully saturated rings. The van der Waals surface area contributed by atoms with Gasteiger partial charge in [-0.3, -0.25) is 25.1 Å². The number of carbonyl (C=O) groups excluding carboxylic acids is 2. The topological polar surface area (TPSA) is 113 Å². The minimum atomic E-state index is -0.697. The van der Waals surface area contributed by atoms with E-state index >= 15 is 0 Å². The van der Waals surface area contributed by atoms with Crippen molar-refractivity contribution in [3.8, 4) is 0 Å². The van der Waals surface area contributed by atoms with Crippen LogP contribution < -0.4 is 16.2 Å². The molecule has 0 bridgehead atoms. The van der Waals surface area contributed by atoms with Crippen LogP contribution in [0.15, 0.2) is 42.5 Å². The van der Waals surface area contributed by atoms with Crippen molar-refractivity contribution in [1.29, 1.82) is 0 Å². The van der Waals surface area contributed by atoms with Crippen LogP contribution in [0, 0.1) is 13.7 Å². The van der Waals surface area contributed by atoms with Crippen LogP contribution in [-0.2, 0) is 4.79 Å². The second-order valence-electron chi connectivity index (χ2n) is 5.06. The number of nitro groups is 1. The first-order valence-electron chi connectivity index (χ1n) is 6.86. The number of nitrogens with one attached hydrogen (secondary N) is 3. The molecular weight excluding hydrogens is 427 g/mol. The van der Waals surface area contributed by atoms with Gasteiger partial charge in [0.25, 0.3) is 11.6 Å². The van der Waals surface area contributed by atoms with E-state index in [1.807, 2.05) is 12.1 Å². The Hall–Kier alpha value is -2.53. The molecule has 3 rings (SSSR count). The number of nitro benzene ring substituents is 1. The summed E-state index contributed by atoms with van der Waals surface area (Å²) in [4.78, 5) is 34.2. The van der Waals surface area contributed by atoms with E-state index in [0.717, 1.165) is 9.13 Å². The Bertz CT molecular complexity index is 838. The van der Waals surface area contributed by atoms with Crippen molar-refractivity contribution in [2.45, 2.75) is 6.04 Å². The molecule has 0 radical (unpaired) electrons. The Labute approximate surface area is 149 Å². The molecule has 1 aliphatic rings. The van der Waals surface area contributed by atoms with E-state index in [1.54, 1.807) is 6.07 Å². The lowest BCUT2D eigenvalue weighted by atomic mass is 10.1. The molecule has 8 nitrogen and oxygen atoms in total. The number of benzene rings is 2. The highest BCUT2D eigenvalue weighted by atomic mass is 127. The van der Waals surface area contributed by atoms with E-state index in [0.29, 0.717) is 5.69 Å². The molecule has 0 aromatic heterocycles. The molecule has 1 heterocycles. The molecule has 0 saturated heterocycles. The van der Waals surface area contributed by atoms with Crippen molar-refractivity contribution in [3.63, 3.8) is 0 Å². The number of hydrazine groups is 1. The van der Waals surface area contributed by atoms with Crippen molar-refractivity contribution in [2.75, 3.05) is 5.32 Å². The number of carbonyl (C=O) groups is 2. The normalized spacial score (nSPS) is 15.5. The summed E-state index contributed by atoms with van der Waals surface area (Å²) in [6.45, 7) is 0. The summed E-state index contributed by atoms with van der Waals surface area (Å²) in [5.74, 6) is -0.757. The van der Waals surface area contributed by atoms with Crippen LogP contribution in [0.5, 0.6) is 0 Å². The highest BCUT2D eigenvalue weighted by Gasteiger charge is 2.30. The van der Waals surface area contributed by atoms with Gasteiger partial charge in [-0.1, -0.05) is 0 Å². The van der Waals surface area contributed by atoms with Gasteiger partial charge >= 0.3 is 0 Å². The summed E-state index contributed by atoms with van der Waals surface area (Å²) in [7, 11) is 0. The summed E-state index contributed by atoms with van der Waals surface area (Å²) < 4.78 is 0.969. The predicted octanol–water partition coefficient (Wildman–Crippen LogP) is 2.13. The fourth-order valence-electron chi connectivity index (χ4n) is 2.32. The molecule has 3 N–H and O–H groups in total. The average molecular weight is 438 g/mol. The largest absolute Gasteiger partial charge is 0.324 e. The molecule has 0 spiro atoms. The van der Waals surface area contributed by atoms with Crippen LogP contribution in [-0.4, -0.2) is 16.7 Å². The van der Waals surface area contributed by atoms with Gasteiger partial charge in [-0.2, -0.15) is 0 Å². The lowest BCUT2D eigenvalue weighted by Gasteiger charge is -2.13. The minimum absolute atomic E-state index is 0.0989. The third kappa shape index (κ3) is 3.21. The molecule has 122 valence electrons. The number of halogens is 1. The van der Waals surface area contributed by atoms with Gasteiger partial charge in [-0.25, -0.2) is 5.43 Å². The van der Waals surface area contributed by atoms with Gasteiger partial charge < -0.3 is 5.32 Å². The number of hydrogen-bond acceptors (Lipinski definition) is 5. The molecule has 2 amide bonds. The third-order valence-electron chi connectivity index (χ3n) is 3.52. The highest BCUT2D eigenvalue weighted by Crippen LogP contribution is 2.31. The van der Waals surface area contributed by atoms with E-state index in [9.17, 15) is 19.7 Å². The molecule has 0 saturated carbocycles. The fourth-order valence-corrected chi connectivity index (χ4v) is 2.84. The molecule has 1 unspecified atom stereocenters. The molecule has 0 aliphatic carbocycles. The Balaban J connectivity index is 1.70.